The van der Waals surface area contributed by atoms with E-state index < -0.39 is 103 Å². The molecule has 28 heteroatoms. The Bertz CT molecular complexity index is 3070. The number of unbranched alkanes of at least 4 members (excludes halogenated alkanes) is 1. The van der Waals surface area contributed by atoms with Crippen molar-refractivity contribution in [2.24, 2.45) is 30.4 Å². The Morgan fingerprint density at radius 3 is 2.20 bits per heavy atom. The summed E-state index contributed by atoms with van der Waals surface area (Å²) in [6, 6.07) is 10.1. The molecule has 27 nitrogen and oxygen atoms in total. The molecule has 0 radical (unpaired) electrons. The number of primary amides is 2. The van der Waals surface area contributed by atoms with Crippen molar-refractivity contribution in [2.45, 2.75) is 151 Å². The molecular weight excluding hydrogens is 1170 g/mol. The van der Waals surface area contributed by atoms with Crippen molar-refractivity contribution in [3.63, 3.8) is 0 Å². The average molecular weight is 1260 g/mol. The van der Waals surface area contributed by atoms with Gasteiger partial charge in [0.1, 0.15) is 30.8 Å². The predicted molar refractivity (Wildman–Crippen MR) is 329 cm³/mol. The minimum absolute atomic E-state index is 0.00533. The van der Waals surface area contributed by atoms with Gasteiger partial charge in [0.15, 0.2) is 5.78 Å². The first kappa shape index (κ1) is 68.5. The molecule has 3 aliphatic rings. The normalized spacial score (nSPS) is 23.3. The third-order valence-corrected chi connectivity index (χ3v) is 17.2. The molecule has 2 aromatic heterocycles. The maximum atomic E-state index is 14.8. The van der Waals surface area contributed by atoms with Crippen LogP contribution < -0.4 is 54.0 Å². The van der Waals surface area contributed by atoms with Gasteiger partial charge in [-0.25, -0.2) is 4.79 Å². The molecule has 4 aromatic rings. The zero-order valence-electron chi connectivity index (χ0n) is 50.8. The number of carbonyl (C=O) groups excluding carboxylic acids is 10. The number of ketones is 1. The van der Waals surface area contributed by atoms with E-state index in [1.807, 2.05) is 67.7 Å². The number of fused-ring (bicyclic) bond motifs is 4. The van der Waals surface area contributed by atoms with E-state index in [1.54, 1.807) is 36.5 Å². The van der Waals surface area contributed by atoms with Crippen LogP contribution in [0.1, 0.15) is 94.9 Å². The number of hydrogen-bond acceptors (Lipinski definition) is 16. The number of nitrogens with zero attached hydrogens (tertiary/aromatic N) is 4. The fraction of sp³-hybridized carbons (Fsp3) is 0.574. The number of hydrogen-bond donors (Lipinski definition) is 10. The van der Waals surface area contributed by atoms with Crippen molar-refractivity contribution in [1.29, 1.82) is 0 Å². The summed E-state index contributed by atoms with van der Waals surface area (Å²) < 4.78 is 20.1. The van der Waals surface area contributed by atoms with E-state index in [1.165, 1.54) is 4.68 Å². The molecule has 2 bridgehead atoms. The van der Waals surface area contributed by atoms with Gasteiger partial charge in [-0.05, 0) is 68.1 Å². The fourth-order valence-corrected chi connectivity index (χ4v) is 12.7. The molecule has 2 fully saturated rings. The van der Waals surface area contributed by atoms with Gasteiger partial charge in [0.2, 0.25) is 47.3 Å². The zero-order valence-corrected chi connectivity index (χ0v) is 51.7. The number of Topliss-reactive ketones (excluding diaryl/α,β-unsaturated/α-hetero) is 1. The number of benzene rings is 2. The van der Waals surface area contributed by atoms with Gasteiger partial charge in [0, 0.05) is 86.0 Å². The average Bonchev–Trinajstić information content (AvgIpc) is 1.98. The summed E-state index contributed by atoms with van der Waals surface area (Å²) >= 11 is 1.85. The molecule has 1 unspecified atom stereocenters. The van der Waals surface area contributed by atoms with Crippen LogP contribution in [0.3, 0.4) is 0 Å². The third kappa shape index (κ3) is 22.0. The molecule has 0 spiro atoms. The van der Waals surface area contributed by atoms with Gasteiger partial charge in [-0.3, -0.25) is 47.8 Å². The molecule has 3 aliphatic heterocycles. The highest BCUT2D eigenvalue weighted by Gasteiger charge is 2.43. The zero-order chi connectivity index (χ0) is 63.8. The van der Waals surface area contributed by atoms with Gasteiger partial charge in [-0.1, -0.05) is 74.0 Å². The second kappa shape index (κ2) is 34.7. The van der Waals surface area contributed by atoms with Crippen molar-refractivity contribution in [1.82, 2.24) is 62.1 Å². The Kier molecular flexibility index (Phi) is 26.7. The number of aromatic nitrogens is 4. The lowest BCUT2D eigenvalue weighted by atomic mass is 9.88. The maximum absolute atomic E-state index is 14.8. The van der Waals surface area contributed by atoms with Gasteiger partial charge < -0.3 is 72.8 Å². The van der Waals surface area contributed by atoms with Crippen LogP contribution in [0.4, 0.5) is 4.79 Å². The molecule has 9 atom stereocenters. The number of nitrogens with one attached hydrogen (secondary N) is 8. The van der Waals surface area contributed by atoms with Crippen LogP contribution in [0.25, 0.3) is 10.9 Å². The fourth-order valence-electron chi connectivity index (χ4n) is 11.2. The number of thioether (sulfide) groups is 1. The number of para-hydroxylation sites is 1. The molecule has 484 valence electrons. The van der Waals surface area contributed by atoms with E-state index in [0.29, 0.717) is 36.6 Å². The van der Waals surface area contributed by atoms with E-state index in [9.17, 15) is 47.9 Å². The summed E-state index contributed by atoms with van der Waals surface area (Å²) in [5.74, 6) is -6.61. The SMILES string of the molecule is CC(C)C[C@H]1NC(=O)[C@@H](CC(N)=O)NC(=O)[C@@H](NC(=O)COCCOCCOCCNC(=O)CCCCC2SC[C@H]3NC(=O)N[C@@H]23)Cc2cn(nn2)CCCC[C@@H](C(N)=O)NC(=O)[C@H](Cc2cn(C)c3ccccc23)NC(=O)[C@@H](Cc2ccccc2)CC1=O. The highest BCUT2D eigenvalue weighted by Crippen LogP contribution is 2.33. The first-order valence-electron chi connectivity index (χ1n) is 30.6. The number of urea groups is 1. The van der Waals surface area contributed by atoms with Crippen LogP contribution in [0.5, 0.6) is 0 Å². The molecule has 2 saturated heterocycles. The largest absolute Gasteiger partial charge is 0.377 e. The number of carbonyl (C=O) groups is 10. The summed E-state index contributed by atoms with van der Waals surface area (Å²) in [4.78, 5) is 136. The topological polar surface area (TPSA) is 382 Å². The van der Waals surface area contributed by atoms with E-state index in [2.05, 4.69) is 52.8 Å². The van der Waals surface area contributed by atoms with E-state index in [0.717, 1.165) is 41.5 Å². The second-order valence-electron chi connectivity index (χ2n) is 23.3. The summed E-state index contributed by atoms with van der Waals surface area (Å²) in [5.41, 5.74) is 14.1. The van der Waals surface area contributed by atoms with E-state index in [4.69, 9.17) is 25.7 Å². The van der Waals surface area contributed by atoms with Gasteiger partial charge >= 0.3 is 6.03 Å². The lowest BCUT2D eigenvalue weighted by Crippen LogP contribution is -2.57. The predicted octanol–water partition coefficient (Wildman–Crippen LogP) is 0.280. The molecule has 0 saturated carbocycles. The minimum atomic E-state index is -1.63. The van der Waals surface area contributed by atoms with Crippen LogP contribution in [0.15, 0.2) is 67.0 Å². The van der Waals surface area contributed by atoms with Crippen molar-refractivity contribution in [3.05, 3.63) is 83.8 Å². The van der Waals surface area contributed by atoms with Crippen LogP contribution in [0, 0.1) is 11.8 Å². The standard InChI is InChI=1S/C61H86N14O13S/c1-37(2)27-44-50(76)30-39(28-38-13-5-4-6-14-38)57(81)68-45(29-40-33-74(3)49-17-8-7-15-42(40)49)58(82)66-43(56(63)80)16-11-12-21-75-34-41(72-73-75)31-46(59(83)69-47(32-52(62)77)60(84)67-44)65-54(79)35-88-26-25-87-24-23-86-22-20-64-53(78)19-10-9-18-51-55-48(36-89-51)70-61(85)71-55/h4-8,13-15,17,33-34,37,39,43-48,51,55H,9-12,16,18-32,35-36H2,1-3H3,(H2,62,77)(H2,63,80)(H,64,78)(H,65,79)(H,66,82)(H,67,84)(H,68,81)(H,69,83)(H2,70,71,85)/t39-,43-,44+,45-,46-,47+,48+,51?,55+/m0/s1. The molecule has 7 rings (SSSR count). The number of amides is 10. The molecule has 0 aliphatic carbocycles. The quantitative estimate of drug-likeness (QED) is 0.0298. The summed E-state index contributed by atoms with van der Waals surface area (Å²) in [6.07, 6.45) is 6.11. The Hall–Kier alpha value is -7.95. The Morgan fingerprint density at radius 1 is 0.742 bits per heavy atom. The molecule has 5 heterocycles. The minimum Gasteiger partial charge on any atom is -0.377 e. The van der Waals surface area contributed by atoms with Crippen molar-refractivity contribution in [2.75, 3.05) is 51.9 Å². The lowest BCUT2D eigenvalue weighted by Gasteiger charge is -2.27. The van der Waals surface area contributed by atoms with Crippen molar-refractivity contribution >= 4 is 81.7 Å². The van der Waals surface area contributed by atoms with Gasteiger partial charge in [-0.15, -0.1) is 5.10 Å². The first-order valence-corrected chi connectivity index (χ1v) is 31.6. The van der Waals surface area contributed by atoms with E-state index >= 15 is 0 Å². The Morgan fingerprint density at radius 2 is 1.45 bits per heavy atom. The van der Waals surface area contributed by atoms with Gasteiger partial charge in [0.25, 0.3) is 0 Å². The smallest absolute Gasteiger partial charge is 0.315 e. The summed E-state index contributed by atoms with van der Waals surface area (Å²) in [6.45, 7) is 4.59. The third-order valence-electron chi connectivity index (χ3n) is 15.7. The highest BCUT2D eigenvalue weighted by molar-refractivity contribution is 8.00. The second-order valence-corrected chi connectivity index (χ2v) is 24.6. The number of ether oxygens (including phenoxy) is 3. The lowest BCUT2D eigenvalue weighted by molar-refractivity contribution is -0.136. The maximum Gasteiger partial charge on any atom is 0.315 e. The molecule has 10 amide bonds. The summed E-state index contributed by atoms with van der Waals surface area (Å²) in [7, 11) is 1.86. The van der Waals surface area contributed by atoms with Crippen molar-refractivity contribution < 1.29 is 62.2 Å². The van der Waals surface area contributed by atoms with E-state index in [-0.39, 0.29) is 107 Å². The number of aryl methyl sites for hydroxylation is 2. The first-order chi connectivity index (χ1) is 42.8. The van der Waals surface area contributed by atoms with Crippen LogP contribution >= 0.6 is 11.8 Å². The molecule has 89 heavy (non-hydrogen) atoms. The van der Waals surface area contributed by atoms with Crippen LogP contribution in [-0.4, -0.2) is 178 Å². The summed E-state index contributed by atoms with van der Waals surface area (Å²) in [5, 5.41) is 32.0. The van der Waals surface area contributed by atoms with Crippen LogP contribution in [0.2, 0.25) is 0 Å². The molecule has 12 N–H and O–H groups in total. The number of rotatable bonds is 26. The molecular formula is C61H86N14O13S. The Labute approximate surface area is 521 Å². The highest BCUT2D eigenvalue weighted by atomic mass is 32.2. The monoisotopic (exact) mass is 1250 g/mol. The Balaban J connectivity index is 0.975. The molecule has 2 aromatic carbocycles. The van der Waals surface area contributed by atoms with Crippen molar-refractivity contribution in [3.8, 4) is 0 Å². The van der Waals surface area contributed by atoms with Crippen LogP contribution in [-0.2, 0) is 90.2 Å². The van der Waals surface area contributed by atoms with Gasteiger partial charge in [0.05, 0.1) is 63.3 Å². The van der Waals surface area contributed by atoms with Gasteiger partial charge in [-0.2, -0.15) is 11.8 Å². The number of nitrogens with two attached hydrogens (primary N) is 2.